The Morgan fingerprint density at radius 2 is 2.21 bits per heavy atom. The number of rotatable bonds is 5. The van der Waals surface area contributed by atoms with Crippen LogP contribution in [0, 0.1) is 0 Å². The Morgan fingerprint density at radius 1 is 1.38 bits per heavy atom. The van der Waals surface area contributed by atoms with E-state index in [1.165, 1.54) is 37.9 Å². The van der Waals surface area contributed by atoms with Crippen LogP contribution in [-0.2, 0) is 6.54 Å². The van der Waals surface area contributed by atoms with Gasteiger partial charge in [0.2, 0.25) is 0 Å². The Balaban J connectivity index is 1.63. The van der Waals surface area contributed by atoms with E-state index in [1.54, 1.807) is 0 Å². The van der Waals surface area contributed by atoms with Crippen molar-refractivity contribution in [3.8, 4) is 0 Å². The zero-order chi connectivity index (χ0) is 16.8. The van der Waals surface area contributed by atoms with Crippen molar-refractivity contribution >= 4 is 17.7 Å². The molecule has 5 nitrogen and oxygen atoms in total. The number of nitrogens with zero attached hydrogens (tertiary/aromatic N) is 4. The fraction of sp³-hybridized carbons (Fsp3) is 0.778. The smallest absolute Gasteiger partial charge is 0.194 e. The van der Waals surface area contributed by atoms with Crippen LogP contribution in [0.5, 0.6) is 0 Å². The van der Waals surface area contributed by atoms with E-state index in [1.807, 2.05) is 0 Å². The first kappa shape index (κ1) is 17.6. The second-order valence-electron chi connectivity index (χ2n) is 6.74. The molecule has 1 aromatic heterocycles. The molecule has 0 radical (unpaired) electrons. The summed E-state index contributed by atoms with van der Waals surface area (Å²) < 4.78 is 2.16. The van der Waals surface area contributed by atoms with Crippen LogP contribution in [0.2, 0.25) is 0 Å². The van der Waals surface area contributed by atoms with Gasteiger partial charge >= 0.3 is 0 Å². The summed E-state index contributed by atoms with van der Waals surface area (Å²) in [5, 5.41) is 8.95. The molecule has 1 saturated heterocycles. The predicted octanol–water partition coefficient (Wildman–Crippen LogP) is 3.29. The van der Waals surface area contributed by atoms with E-state index in [-0.39, 0.29) is 0 Å². The Morgan fingerprint density at radius 3 is 2.96 bits per heavy atom. The Hall–Kier alpha value is -1.17. The topological polar surface area (TPSA) is 45.5 Å². The van der Waals surface area contributed by atoms with Gasteiger partial charge in [-0.3, -0.25) is 4.68 Å². The lowest BCUT2D eigenvalue weighted by atomic mass is 10.3. The van der Waals surface area contributed by atoms with E-state index >= 15 is 0 Å². The highest BCUT2D eigenvalue weighted by Gasteiger charge is 2.21. The van der Waals surface area contributed by atoms with Gasteiger partial charge in [-0.05, 0) is 32.3 Å². The largest absolute Gasteiger partial charge is 0.357 e. The van der Waals surface area contributed by atoms with Crippen LogP contribution in [0.4, 0.5) is 0 Å². The molecule has 0 spiro atoms. The monoisotopic (exact) mass is 349 g/mol. The molecule has 134 valence electrons. The highest BCUT2D eigenvalue weighted by atomic mass is 32.2. The first-order chi connectivity index (χ1) is 11.8. The van der Waals surface area contributed by atoms with Crippen LogP contribution >= 0.6 is 11.8 Å². The third kappa shape index (κ3) is 4.47. The van der Waals surface area contributed by atoms with Crippen LogP contribution in [0.1, 0.15) is 57.7 Å². The molecule has 1 atom stereocenters. The van der Waals surface area contributed by atoms with Crippen LogP contribution in [0.15, 0.2) is 17.3 Å². The molecule has 2 aliphatic rings. The van der Waals surface area contributed by atoms with E-state index in [9.17, 15) is 0 Å². The van der Waals surface area contributed by atoms with Crippen molar-refractivity contribution in [2.45, 2.75) is 63.8 Å². The van der Waals surface area contributed by atoms with Crippen LogP contribution < -0.4 is 5.32 Å². The molecule has 0 amide bonds. The van der Waals surface area contributed by atoms with Crippen molar-refractivity contribution in [2.24, 2.45) is 4.99 Å². The molecule has 6 heteroatoms. The molecule has 1 saturated carbocycles. The van der Waals surface area contributed by atoms with Gasteiger partial charge in [0.25, 0.3) is 0 Å². The van der Waals surface area contributed by atoms with E-state index in [0.29, 0.717) is 12.6 Å². The fourth-order valence-corrected chi connectivity index (χ4v) is 4.75. The summed E-state index contributed by atoms with van der Waals surface area (Å²) in [7, 11) is 0. The minimum Gasteiger partial charge on any atom is -0.357 e. The zero-order valence-electron chi connectivity index (χ0n) is 15.1. The van der Waals surface area contributed by atoms with Gasteiger partial charge in [-0.2, -0.15) is 16.9 Å². The van der Waals surface area contributed by atoms with Crippen molar-refractivity contribution in [3.05, 3.63) is 18.0 Å². The highest BCUT2D eigenvalue weighted by molar-refractivity contribution is 8.00. The molecule has 0 aromatic carbocycles. The zero-order valence-corrected chi connectivity index (χ0v) is 15.9. The molecule has 0 bridgehead atoms. The standard InChI is InChI=1S/C18H31N5S/c1-3-17-14-22(11-12-24-17)18(19-4-2)20-13-15-9-10-23(21-15)16-7-5-6-8-16/h9-10,16-17H,3-8,11-14H2,1-2H3,(H,19,20). The van der Waals surface area contributed by atoms with E-state index in [2.05, 4.69) is 52.8 Å². The lowest BCUT2D eigenvalue weighted by Crippen LogP contribution is -2.48. The number of guanidine groups is 1. The van der Waals surface area contributed by atoms with Gasteiger partial charge in [0.15, 0.2) is 5.96 Å². The minimum absolute atomic E-state index is 0.611. The predicted molar refractivity (Wildman–Crippen MR) is 103 cm³/mol. The van der Waals surface area contributed by atoms with Gasteiger partial charge in [-0.15, -0.1) is 0 Å². The molecular weight excluding hydrogens is 318 g/mol. The van der Waals surface area contributed by atoms with Gasteiger partial charge in [-0.1, -0.05) is 19.8 Å². The maximum absolute atomic E-state index is 4.86. The summed E-state index contributed by atoms with van der Waals surface area (Å²) in [4.78, 5) is 7.28. The third-order valence-corrected chi connectivity index (χ3v) is 6.35. The summed E-state index contributed by atoms with van der Waals surface area (Å²) in [6.45, 7) is 8.19. The molecule has 1 N–H and O–H groups in total. The van der Waals surface area contributed by atoms with E-state index in [0.717, 1.165) is 36.5 Å². The Bertz CT molecular complexity index is 535. The first-order valence-corrected chi connectivity index (χ1v) is 10.5. The quantitative estimate of drug-likeness (QED) is 0.654. The second-order valence-corrected chi connectivity index (χ2v) is 8.15. The maximum atomic E-state index is 4.86. The molecule has 3 rings (SSSR count). The molecule has 1 aliphatic carbocycles. The van der Waals surface area contributed by atoms with Gasteiger partial charge in [0.1, 0.15) is 0 Å². The first-order valence-electron chi connectivity index (χ1n) is 9.49. The van der Waals surface area contributed by atoms with E-state index < -0.39 is 0 Å². The van der Waals surface area contributed by atoms with Gasteiger partial charge in [0, 0.05) is 36.8 Å². The molecule has 1 unspecified atom stereocenters. The van der Waals surface area contributed by atoms with E-state index in [4.69, 9.17) is 10.1 Å². The lowest BCUT2D eigenvalue weighted by molar-refractivity contribution is 0.408. The molecular formula is C18H31N5S. The van der Waals surface area contributed by atoms with Crippen molar-refractivity contribution in [1.82, 2.24) is 20.0 Å². The number of thioether (sulfide) groups is 1. The normalized spacial score (nSPS) is 23.0. The second kappa shape index (κ2) is 8.79. The average Bonchev–Trinajstić information content (AvgIpc) is 3.30. The number of aromatic nitrogens is 2. The Labute approximate surface area is 150 Å². The number of nitrogens with one attached hydrogen (secondary N) is 1. The number of aliphatic imine (C=N–C) groups is 1. The third-order valence-electron chi connectivity index (χ3n) is 4.98. The summed E-state index contributed by atoms with van der Waals surface area (Å²) >= 11 is 2.09. The number of hydrogen-bond acceptors (Lipinski definition) is 3. The summed E-state index contributed by atoms with van der Waals surface area (Å²) in [5.41, 5.74) is 1.08. The van der Waals surface area contributed by atoms with Crippen LogP contribution in [0.25, 0.3) is 0 Å². The average molecular weight is 350 g/mol. The molecule has 2 fully saturated rings. The summed E-state index contributed by atoms with van der Waals surface area (Å²) in [5.74, 6) is 2.24. The highest BCUT2D eigenvalue weighted by Crippen LogP contribution is 2.28. The van der Waals surface area contributed by atoms with Gasteiger partial charge < -0.3 is 10.2 Å². The van der Waals surface area contributed by atoms with Crippen LogP contribution in [0.3, 0.4) is 0 Å². The van der Waals surface area contributed by atoms with Crippen molar-refractivity contribution in [2.75, 3.05) is 25.4 Å². The summed E-state index contributed by atoms with van der Waals surface area (Å²) in [6, 6.07) is 2.74. The SMILES string of the molecule is CCNC(=NCc1ccn(C2CCCC2)n1)N1CCSC(CC)C1. The van der Waals surface area contributed by atoms with Gasteiger partial charge in [-0.25, -0.2) is 4.99 Å². The van der Waals surface area contributed by atoms with Crippen LogP contribution in [-0.4, -0.2) is 51.3 Å². The molecule has 1 aromatic rings. The Kier molecular flexibility index (Phi) is 6.46. The number of hydrogen-bond donors (Lipinski definition) is 1. The summed E-state index contributed by atoms with van der Waals surface area (Å²) in [6.07, 6.45) is 8.60. The van der Waals surface area contributed by atoms with Crippen molar-refractivity contribution in [3.63, 3.8) is 0 Å². The van der Waals surface area contributed by atoms with Gasteiger partial charge in [0.05, 0.1) is 18.3 Å². The molecule has 1 aliphatic heterocycles. The fourth-order valence-electron chi connectivity index (χ4n) is 3.57. The minimum atomic E-state index is 0.611. The molecule has 2 heterocycles. The van der Waals surface area contributed by atoms with Crippen molar-refractivity contribution < 1.29 is 0 Å². The van der Waals surface area contributed by atoms with Crippen molar-refractivity contribution in [1.29, 1.82) is 0 Å². The maximum Gasteiger partial charge on any atom is 0.194 e. The molecule has 24 heavy (non-hydrogen) atoms. The lowest BCUT2D eigenvalue weighted by Gasteiger charge is -2.34.